The summed E-state index contributed by atoms with van der Waals surface area (Å²) in [5, 5.41) is 3.78. The van der Waals surface area contributed by atoms with Crippen LogP contribution in [0.5, 0.6) is 11.5 Å². The Morgan fingerprint density at radius 3 is 2.55 bits per heavy atom. The van der Waals surface area contributed by atoms with E-state index in [1.165, 1.54) is 32.4 Å². The molecule has 0 saturated carbocycles. The van der Waals surface area contributed by atoms with E-state index in [9.17, 15) is 13.6 Å². The maximum absolute atomic E-state index is 12.2. The van der Waals surface area contributed by atoms with Crippen molar-refractivity contribution in [2.45, 2.75) is 13.5 Å². The lowest BCUT2D eigenvalue weighted by atomic mass is 10.1. The highest BCUT2D eigenvalue weighted by molar-refractivity contribution is 5.99. The van der Waals surface area contributed by atoms with E-state index in [1.54, 1.807) is 6.92 Å². The summed E-state index contributed by atoms with van der Waals surface area (Å²) >= 11 is 0. The molecule has 0 aliphatic rings. The van der Waals surface area contributed by atoms with Crippen LogP contribution in [0.4, 0.5) is 13.6 Å². The third-order valence-electron chi connectivity index (χ3n) is 2.30. The van der Waals surface area contributed by atoms with E-state index >= 15 is 0 Å². The number of hydrogen-bond donors (Lipinski definition) is 1. The Morgan fingerprint density at radius 1 is 1.30 bits per heavy atom. The number of rotatable bonds is 5. The topological polar surface area (TPSA) is 69.2 Å². The van der Waals surface area contributed by atoms with E-state index in [0.717, 1.165) is 0 Å². The van der Waals surface area contributed by atoms with Crippen molar-refractivity contribution in [2.24, 2.45) is 5.10 Å². The number of hydrazone groups is 1. The summed E-state index contributed by atoms with van der Waals surface area (Å²) < 4.78 is 38.0. The normalized spacial score (nSPS) is 11.2. The second-order valence-corrected chi connectivity index (χ2v) is 3.54. The molecule has 1 amide bonds. The molecule has 1 N–H and O–H groups in total. The van der Waals surface area contributed by atoms with Gasteiger partial charge in [0.25, 0.3) is 0 Å². The van der Waals surface area contributed by atoms with Gasteiger partial charge in [-0.05, 0) is 25.1 Å². The van der Waals surface area contributed by atoms with Crippen molar-refractivity contribution in [1.29, 1.82) is 0 Å². The van der Waals surface area contributed by atoms with Crippen LogP contribution in [0.3, 0.4) is 0 Å². The summed E-state index contributed by atoms with van der Waals surface area (Å²) in [6.45, 7) is -1.32. The predicted molar refractivity (Wildman–Crippen MR) is 67.4 cm³/mol. The molecule has 0 aliphatic heterocycles. The zero-order valence-corrected chi connectivity index (χ0v) is 11.1. The van der Waals surface area contributed by atoms with E-state index in [-0.39, 0.29) is 11.5 Å². The molecular weight excluding hydrogens is 274 g/mol. The molecule has 0 unspecified atom stereocenters. The average molecular weight is 288 g/mol. The smallest absolute Gasteiger partial charge is 0.427 e. The molecule has 1 rings (SSSR count). The Bertz CT molecular complexity index is 506. The number of benzene rings is 1. The maximum atomic E-state index is 12.2. The Morgan fingerprint density at radius 2 is 2.00 bits per heavy atom. The van der Waals surface area contributed by atoms with Gasteiger partial charge in [-0.3, -0.25) is 0 Å². The van der Waals surface area contributed by atoms with Crippen LogP contribution in [0.25, 0.3) is 0 Å². The zero-order chi connectivity index (χ0) is 15.1. The first-order valence-corrected chi connectivity index (χ1v) is 5.49. The first-order chi connectivity index (χ1) is 9.47. The van der Waals surface area contributed by atoms with Crippen molar-refractivity contribution < 1.29 is 27.8 Å². The molecule has 110 valence electrons. The van der Waals surface area contributed by atoms with Gasteiger partial charge >= 0.3 is 12.7 Å². The third kappa shape index (κ3) is 4.38. The van der Waals surface area contributed by atoms with Crippen molar-refractivity contribution in [3.05, 3.63) is 23.8 Å². The van der Waals surface area contributed by atoms with Crippen LogP contribution in [0.1, 0.15) is 12.5 Å². The van der Waals surface area contributed by atoms with Gasteiger partial charge in [-0.15, -0.1) is 0 Å². The molecule has 0 bridgehead atoms. The highest BCUT2D eigenvalue weighted by atomic mass is 19.3. The number of methoxy groups -OCH3 is 2. The molecule has 0 atom stereocenters. The summed E-state index contributed by atoms with van der Waals surface area (Å²) in [5.41, 5.74) is 3.16. The van der Waals surface area contributed by atoms with Gasteiger partial charge in [0.1, 0.15) is 0 Å². The fourth-order valence-electron chi connectivity index (χ4n) is 1.33. The van der Waals surface area contributed by atoms with Crippen molar-refractivity contribution in [3.63, 3.8) is 0 Å². The SMILES string of the molecule is COC(=O)N/N=C(/C)c1ccc(OC(F)F)c(OC)c1. The number of alkyl halides is 2. The number of carbonyl (C=O) groups excluding carboxylic acids is 1. The minimum Gasteiger partial charge on any atom is -0.493 e. The van der Waals surface area contributed by atoms with Crippen LogP contribution in [0.15, 0.2) is 23.3 Å². The van der Waals surface area contributed by atoms with Gasteiger partial charge < -0.3 is 14.2 Å². The van der Waals surface area contributed by atoms with Crippen molar-refractivity contribution >= 4 is 11.8 Å². The highest BCUT2D eigenvalue weighted by Crippen LogP contribution is 2.29. The number of halogens is 2. The molecule has 0 fully saturated rings. The van der Waals surface area contributed by atoms with Crippen LogP contribution < -0.4 is 14.9 Å². The first-order valence-electron chi connectivity index (χ1n) is 5.49. The second-order valence-electron chi connectivity index (χ2n) is 3.54. The number of carbonyl (C=O) groups is 1. The number of nitrogens with one attached hydrogen (secondary N) is 1. The molecule has 0 radical (unpaired) electrons. The van der Waals surface area contributed by atoms with E-state index in [4.69, 9.17) is 4.74 Å². The molecule has 1 aromatic carbocycles. The van der Waals surface area contributed by atoms with Gasteiger partial charge in [-0.25, -0.2) is 10.2 Å². The second kappa shape index (κ2) is 7.27. The van der Waals surface area contributed by atoms with Crippen LogP contribution in [0, 0.1) is 0 Å². The van der Waals surface area contributed by atoms with Gasteiger partial charge in [0.05, 0.1) is 19.9 Å². The molecule has 20 heavy (non-hydrogen) atoms. The molecule has 0 saturated heterocycles. The molecule has 0 heterocycles. The van der Waals surface area contributed by atoms with E-state index in [1.807, 2.05) is 0 Å². The molecule has 0 aliphatic carbocycles. The van der Waals surface area contributed by atoms with Gasteiger partial charge in [0, 0.05) is 5.56 Å². The number of hydrogen-bond acceptors (Lipinski definition) is 5. The first kappa shape index (κ1) is 15.7. The van der Waals surface area contributed by atoms with Gasteiger partial charge in [0.2, 0.25) is 0 Å². The van der Waals surface area contributed by atoms with E-state index in [2.05, 4.69) is 20.0 Å². The van der Waals surface area contributed by atoms with Gasteiger partial charge in [-0.2, -0.15) is 13.9 Å². The Hall–Kier alpha value is -2.38. The minimum atomic E-state index is -2.94. The zero-order valence-electron chi connectivity index (χ0n) is 11.1. The molecular formula is C12H14F2N2O4. The summed E-state index contributed by atoms with van der Waals surface area (Å²) in [4.78, 5) is 10.9. The molecule has 8 heteroatoms. The van der Waals surface area contributed by atoms with Gasteiger partial charge in [-0.1, -0.05) is 0 Å². The molecule has 0 aromatic heterocycles. The monoisotopic (exact) mass is 288 g/mol. The standard InChI is InChI=1S/C12H14F2N2O4/c1-7(15-16-12(17)19-3)8-4-5-9(20-11(13)14)10(6-8)18-2/h4-6,11H,1-3H3,(H,16,17)/b15-7-. The lowest BCUT2D eigenvalue weighted by Crippen LogP contribution is -2.18. The fourth-order valence-corrected chi connectivity index (χ4v) is 1.33. The number of ether oxygens (including phenoxy) is 3. The summed E-state index contributed by atoms with van der Waals surface area (Å²) in [6.07, 6.45) is -0.714. The van der Waals surface area contributed by atoms with Crippen LogP contribution in [0.2, 0.25) is 0 Å². The minimum absolute atomic E-state index is 0.0834. The number of nitrogens with zero attached hydrogens (tertiary/aromatic N) is 1. The fraction of sp³-hybridized carbons (Fsp3) is 0.333. The molecule has 1 aromatic rings. The molecule has 6 nitrogen and oxygen atoms in total. The van der Waals surface area contributed by atoms with Crippen LogP contribution in [-0.2, 0) is 4.74 Å². The summed E-state index contributed by atoms with van der Waals surface area (Å²) in [6, 6.07) is 4.31. The van der Waals surface area contributed by atoms with E-state index in [0.29, 0.717) is 11.3 Å². The molecule has 0 spiro atoms. The van der Waals surface area contributed by atoms with Crippen LogP contribution >= 0.6 is 0 Å². The lowest BCUT2D eigenvalue weighted by molar-refractivity contribution is -0.0512. The summed E-state index contributed by atoms with van der Waals surface area (Å²) in [5.74, 6) is 0.0513. The Labute approximate surface area is 114 Å². The largest absolute Gasteiger partial charge is 0.493 e. The quantitative estimate of drug-likeness (QED) is 0.667. The van der Waals surface area contributed by atoms with Gasteiger partial charge in [0.15, 0.2) is 11.5 Å². The summed E-state index contributed by atoms with van der Waals surface area (Å²) in [7, 11) is 2.54. The predicted octanol–water partition coefficient (Wildman–Crippen LogP) is 2.38. The average Bonchev–Trinajstić information content (AvgIpc) is 2.44. The van der Waals surface area contributed by atoms with Crippen molar-refractivity contribution in [1.82, 2.24) is 5.43 Å². The highest BCUT2D eigenvalue weighted by Gasteiger charge is 2.12. The Kier molecular flexibility index (Phi) is 5.70. The third-order valence-corrected chi connectivity index (χ3v) is 2.30. The number of amides is 1. The van der Waals surface area contributed by atoms with Crippen LogP contribution in [-0.4, -0.2) is 32.6 Å². The van der Waals surface area contributed by atoms with Crippen molar-refractivity contribution in [2.75, 3.05) is 14.2 Å². The maximum Gasteiger partial charge on any atom is 0.427 e. The lowest BCUT2D eigenvalue weighted by Gasteiger charge is -2.11. The van der Waals surface area contributed by atoms with Crippen molar-refractivity contribution in [3.8, 4) is 11.5 Å². The Balaban J connectivity index is 2.94. The van der Waals surface area contributed by atoms with E-state index < -0.39 is 12.7 Å².